The van der Waals surface area contributed by atoms with Gasteiger partial charge in [-0.3, -0.25) is 0 Å². The number of aromatic hydroxyl groups is 2. The molecule has 0 spiro atoms. The number of hydrogen-bond acceptors (Lipinski definition) is 3. The van der Waals surface area contributed by atoms with Gasteiger partial charge in [-0.15, -0.1) is 0 Å². The maximum atomic E-state index is 10.5. The zero-order valence-corrected chi connectivity index (χ0v) is 18.3. The van der Waals surface area contributed by atoms with Gasteiger partial charge in [-0.25, -0.2) is 0 Å². The smallest absolute Gasteiger partial charge is 0.123 e. The van der Waals surface area contributed by atoms with Gasteiger partial charge in [0.05, 0.1) is 7.11 Å². The van der Waals surface area contributed by atoms with Crippen LogP contribution in [0.25, 0.3) is 0 Å². The van der Waals surface area contributed by atoms with E-state index in [4.69, 9.17) is 4.74 Å². The molecule has 0 amide bonds. The largest absolute Gasteiger partial charge is 0.507 e. The van der Waals surface area contributed by atoms with Crippen molar-refractivity contribution >= 4 is 0 Å². The molecular weight excluding hydrogens is 360 g/mol. The SMILES string of the molecule is COc1ccccc1C(c1cc(C)c(O)c(C)c1C)c1cc(C)c(O)c(C)c1C. The molecule has 0 unspecified atom stereocenters. The lowest BCUT2D eigenvalue weighted by molar-refractivity contribution is 0.409. The predicted octanol–water partition coefficient (Wildman–Crippen LogP) is 6.14. The molecule has 0 bridgehead atoms. The molecule has 29 heavy (non-hydrogen) atoms. The fraction of sp³-hybridized carbons (Fsp3) is 0.308. The van der Waals surface area contributed by atoms with Crippen molar-refractivity contribution in [2.45, 2.75) is 47.5 Å². The third kappa shape index (κ3) is 3.46. The van der Waals surface area contributed by atoms with E-state index in [9.17, 15) is 10.2 Å². The van der Waals surface area contributed by atoms with Crippen molar-refractivity contribution in [3.8, 4) is 17.2 Å². The Balaban J connectivity index is 2.43. The van der Waals surface area contributed by atoms with E-state index in [2.05, 4.69) is 32.0 Å². The van der Waals surface area contributed by atoms with Gasteiger partial charge in [0.2, 0.25) is 0 Å². The molecule has 0 heterocycles. The van der Waals surface area contributed by atoms with E-state index in [1.165, 1.54) is 0 Å². The van der Waals surface area contributed by atoms with E-state index in [0.717, 1.165) is 55.8 Å². The van der Waals surface area contributed by atoms with Crippen molar-refractivity contribution in [1.82, 2.24) is 0 Å². The van der Waals surface area contributed by atoms with Gasteiger partial charge < -0.3 is 14.9 Å². The zero-order valence-electron chi connectivity index (χ0n) is 18.3. The van der Waals surface area contributed by atoms with Gasteiger partial charge in [0.15, 0.2) is 0 Å². The lowest BCUT2D eigenvalue weighted by atomic mass is 9.78. The summed E-state index contributed by atoms with van der Waals surface area (Å²) in [6.07, 6.45) is 0. The first-order valence-electron chi connectivity index (χ1n) is 9.91. The maximum absolute atomic E-state index is 10.5. The molecule has 152 valence electrons. The maximum Gasteiger partial charge on any atom is 0.123 e. The molecule has 0 atom stereocenters. The average molecular weight is 391 g/mol. The number of phenols is 2. The molecule has 3 rings (SSSR count). The molecule has 0 aliphatic carbocycles. The number of methoxy groups -OCH3 is 1. The standard InChI is InChI=1S/C26H30O3/c1-14-12-21(16(3)18(5)25(14)27)24(20-10-8-9-11-23(20)29-7)22-13-15(2)26(28)19(6)17(22)4/h8-13,24,27-28H,1-7H3. The van der Waals surface area contributed by atoms with Crippen LogP contribution in [0.1, 0.15) is 56.0 Å². The molecule has 3 nitrogen and oxygen atoms in total. The average Bonchev–Trinajstić information content (AvgIpc) is 2.72. The fourth-order valence-corrected chi connectivity index (χ4v) is 4.21. The highest BCUT2D eigenvalue weighted by atomic mass is 16.5. The van der Waals surface area contributed by atoms with Crippen molar-refractivity contribution in [3.05, 3.63) is 86.5 Å². The van der Waals surface area contributed by atoms with Crippen LogP contribution in [0.3, 0.4) is 0 Å². The zero-order chi connectivity index (χ0) is 21.5. The first kappa shape index (κ1) is 20.8. The van der Waals surface area contributed by atoms with E-state index in [1.54, 1.807) is 7.11 Å². The Labute approximate surface area is 173 Å². The number of rotatable bonds is 4. The van der Waals surface area contributed by atoms with Gasteiger partial charge in [-0.2, -0.15) is 0 Å². The third-order valence-corrected chi connectivity index (χ3v) is 6.26. The van der Waals surface area contributed by atoms with Gasteiger partial charge in [-0.1, -0.05) is 30.3 Å². The highest BCUT2D eigenvalue weighted by molar-refractivity contribution is 5.60. The van der Waals surface area contributed by atoms with Crippen molar-refractivity contribution in [3.63, 3.8) is 0 Å². The molecular formula is C26H30O3. The van der Waals surface area contributed by atoms with Gasteiger partial charge in [0.25, 0.3) is 0 Å². The third-order valence-electron chi connectivity index (χ3n) is 6.26. The van der Waals surface area contributed by atoms with E-state index >= 15 is 0 Å². The van der Waals surface area contributed by atoms with E-state index < -0.39 is 0 Å². The minimum absolute atomic E-state index is 0.0813. The van der Waals surface area contributed by atoms with Crippen LogP contribution in [0.15, 0.2) is 36.4 Å². The summed E-state index contributed by atoms with van der Waals surface area (Å²) in [5.41, 5.74) is 8.95. The summed E-state index contributed by atoms with van der Waals surface area (Å²) in [6, 6.07) is 12.2. The lowest BCUT2D eigenvalue weighted by Gasteiger charge is -2.27. The highest BCUT2D eigenvalue weighted by Crippen LogP contribution is 2.44. The van der Waals surface area contributed by atoms with Crippen LogP contribution in [0.4, 0.5) is 0 Å². The Hall–Kier alpha value is -2.94. The normalized spacial score (nSPS) is 11.2. The molecule has 0 aliphatic heterocycles. The Morgan fingerprint density at radius 2 is 1.10 bits per heavy atom. The molecule has 0 fully saturated rings. The van der Waals surface area contributed by atoms with Gasteiger partial charge >= 0.3 is 0 Å². The Bertz CT molecular complexity index is 1020. The summed E-state index contributed by atoms with van der Waals surface area (Å²) in [4.78, 5) is 0. The number of hydrogen-bond donors (Lipinski definition) is 2. The van der Waals surface area contributed by atoms with Crippen molar-refractivity contribution in [2.75, 3.05) is 7.11 Å². The Morgan fingerprint density at radius 3 is 1.55 bits per heavy atom. The number of ether oxygens (including phenoxy) is 1. The quantitative estimate of drug-likeness (QED) is 0.526. The molecule has 0 radical (unpaired) electrons. The molecule has 3 heteroatoms. The van der Waals surface area contributed by atoms with Gasteiger partial charge in [-0.05, 0) is 92.1 Å². The molecule has 0 aliphatic rings. The second-order valence-electron chi connectivity index (χ2n) is 7.94. The summed E-state index contributed by atoms with van der Waals surface area (Å²) in [6.45, 7) is 11.9. The molecule has 0 aromatic heterocycles. The number of phenolic OH excluding ortho intramolecular Hbond substituents is 2. The molecule has 2 N–H and O–H groups in total. The van der Waals surface area contributed by atoms with Crippen molar-refractivity contribution < 1.29 is 14.9 Å². The number of aryl methyl sites for hydroxylation is 2. The number of benzene rings is 3. The predicted molar refractivity (Wildman–Crippen MR) is 119 cm³/mol. The fourth-order valence-electron chi connectivity index (χ4n) is 4.21. The van der Waals surface area contributed by atoms with E-state index in [-0.39, 0.29) is 5.92 Å². The van der Waals surface area contributed by atoms with Crippen LogP contribution in [-0.2, 0) is 0 Å². The Kier molecular flexibility index (Phi) is 5.61. The van der Waals surface area contributed by atoms with Crippen LogP contribution in [0.5, 0.6) is 17.2 Å². The van der Waals surface area contributed by atoms with Crippen LogP contribution >= 0.6 is 0 Å². The van der Waals surface area contributed by atoms with E-state index in [1.807, 2.05) is 45.9 Å². The summed E-state index contributed by atoms with van der Waals surface area (Å²) < 4.78 is 5.72. The van der Waals surface area contributed by atoms with Gasteiger partial charge in [0, 0.05) is 11.5 Å². The minimum Gasteiger partial charge on any atom is -0.507 e. The highest BCUT2D eigenvalue weighted by Gasteiger charge is 2.27. The molecule has 3 aromatic carbocycles. The molecule has 0 saturated carbocycles. The molecule has 0 saturated heterocycles. The topological polar surface area (TPSA) is 49.7 Å². The Morgan fingerprint density at radius 1 is 0.655 bits per heavy atom. The lowest BCUT2D eigenvalue weighted by Crippen LogP contribution is -2.11. The van der Waals surface area contributed by atoms with Crippen molar-refractivity contribution in [1.29, 1.82) is 0 Å². The summed E-state index contributed by atoms with van der Waals surface area (Å²) in [5.74, 6) is 1.44. The second kappa shape index (κ2) is 7.82. The number of para-hydroxylation sites is 1. The summed E-state index contributed by atoms with van der Waals surface area (Å²) in [7, 11) is 1.69. The monoisotopic (exact) mass is 390 g/mol. The van der Waals surface area contributed by atoms with Gasteiger partial charge in [0.1, 0.15) is 17.2 Å². The molecule has 3 aromatic rings. The van der Waals surface area contributed by atoms with Crippen LogP contribution in [0, 0.1) is 41.5 Å². The van der Waals surface area contributed by atoms with Crippen molar-refractivity contribution in [2.24, 2.45) is 0 Å². The summed E-state index contributed by atoms with van der Waals surface area (Å²) >= 11 is 0. The first-order chi connectivity index (χ1) is 13.7. The minimum atomic E-state index is -0.0813. The second-order valence-corrected chi connectivity index (χ2v) is 7.94. The first-order valence-corrected chi connectivity index (χ1v) is 9.91. The summed E-state index contributed by atoms with van der Waals surface area (Å²) in [5, 5.41) is 20.9. The van der Waals surface area contributed by atoms with E-state index in [0.29, 0.717) is 11.5 Å². The van der Waals surface area contributed by atoms with Crippen LogP contribution in [0.2, 0.25) is 0 Å². The van der Waals surface area contributed by atoms with Crippen LogP contribution < -0.4 is 4.74 Å². The van der Waals surface area contributed by atoms with Crippen LogP contribution in [-0.4, -0.2) is 17.3 Å².